The number of fused-ring (bicyclic) bond motifs is 2. The first-order chi connectivity index (χ1) is 25.5. The number of hydrogen-bond donors (Lipinski definition) is 4. The van der Waals surface area contributed by atoms with E-state index in [1.54, 1.807) is 6.08 Å². The zero-order chi connectivity index (χ0) is 39.9. The molecule has 2 heterocycles. The molecule has 0 unspecified atom stereocenters. The molecule has 2 fully saturated rings. The zero-order valence-electron chi connectivity index (χ0n) is 32.9. The Morgan fingerprint density at radius 1 is 0.755 bits per heavy atom. The van der Waals surface area contributed by atoms with Crippen LogP contribution in [-0.4, -0.2) is 88.4 Å². The number of nitrogens with one attached hydrogen (secondary N) is 3. The minimum atomic E-state index is -0.814. The van der Waals surface area contributed by atoms with Gasteiger partial charge in [0.15, 0.2) is 0 Å². The minimum Gasteiger partial charge on any atom is -0.478 e. The van der Waals surface area contributed by atoms with Crippen LogP contribution in [0, 0.1) is 0 Å². The molecule has 290 valence electrons. The van der Waals surface area contributed by atoms with Gasteiger partial charge in [-0.3, -0.25) is 4.79 Å². The first kappa shape index (κ1) is 41.8. The van der Waals surface area contributed by atoms with Crippen LogP contribution in [0.4, 0.5) is 9.59 Å². The van der Waals surface area contributed by atoms with Crippen molar-refractivity contribution in [1.29, 1.82) is 0 Å². The van der Waals surface area contributed by atoms with Crippen LogP contribution >= 0.6 is 22.6 Å². The lowest BCUT2D eigenvalue weighted by Crippen LogP contribution is -2.47. The zero-order valence-corrected chi connectivity index (χ0v) is 34.1. The van der Waals surface area contributed by atoms with Gasteiger partial charge in [-0.1, -0.05) is 71.1 Å². The predicted molar refractivity (Wildman–Crippen MR) is 218 cm³/mol. The van der Waals surface area contributed by atoms with Gasteiger partial charge in [0, 0.05) is 50.5 Å². The Morgan fingerprint density at radius 2 is 1.17 bits per heavy atom. The highest BCUT2D eigenvalue weighted by molar-refractivity contribution is 14.1. The number of carbonyl (C=O) groups is 4. The van der Waals surface area contributed by atoms with E-state index >= 15 is 0 Å². The summed E-state index contributed by atoms with van der Waals surface area (Å²) in [5.41, 5.74) is 4.95. The molecular weight excluding hydrogens is 787 g/mol. The minimum absolute atomic E-state index is 0.0636. The molecule has 0 spiro atoms. The number of rotatable bonds is 4. The Bertz CT molecular complexity index is 1640. The fraction of sp³-hybridized carbons (Fsp3) is 0.512. The van der Waals surface area contributed by atoms with Crippen LogP contribution < -0.4 is 16.0 Å². The largest absolute Gasteiger partial charge is 0.478 e. The lowest BCUT2D eigenvalue weighted by atomic mass is 10.0. The number of carbonyl (C=O) groups excluding carboxylic acids is 3. The number of ether oxygens (including phenoxy) is 2. The molecule has 2 aliphatic heterocycles. The number of amides is 3. The van der Waals surface area contributed by atoms with Gasteiger partial charge in [-0.15, -0.1) is 0 Å². The van der Waals surface area contributed by atoms with Crippen molar-refractivity contribution in [2.75, 3.05) is 31.1 Å². The quantitative estimate of drug-likeness (QED) is 0.187. The van der Waals surface area contributed by atoms with Crippen molar-refractivity contribution < 1.29 is 35.1 Å². The number of likely N-dealkylation sites (tertiary alicyclic amines) is 1. The van der Waals surface area contributed by atoms with Crippen LogP contribution in [0.2, 0.25) is 0 Å². The molecule has 3 amide bonds. The number of alkyl halides is 1. The van der Waals surface area contributed by atoms with Crippen molar-refractivity contribution in [2.45, 2.75) is 103 Å². The van der Waals surface area contributed by atoms with Crippen molar-refractivity contribution in [2.24, 2.45) is 0 Å². The summed E-state index contributed by atoms with van der Waals surface area (Å²) < 4.78 is 16.7. The topological polar surface area (TPSA) is 146 Å². The van der Waals surface area contributed by atoms with Gasteiger partial charge in [-0.05, 0) is 120 Å². The van der Waals surface area contributed by atoms with Crippen molar-refractivity contribution >= 4 is 58.8 Å². The summed E-state index contributed by atoms with van der Waals surface area (Å²) >= 11 is 1.96. The van der Waals surface area contributed by atoms with Crippen LogP contribution in [0.1, 0.15) is 90.9 Å². The number of benzene rings is 2. The molecule has 4 aliphatic rings. The Hall–Kier alpha value is -3.91. The van der Waals surface area contributed by atoms with E-state index in [9.17, 15) is 19.2 Å². The maximum Gasteiger partial charge on any atom is 0.407 e. The molecule has 2 aliphatic carbocycles. The third-order valence-electron chi connectivity index (χ3n) is 8.64. The van der Waals surface area contributed by atoms with E-state index in [4.69, 9.17) is 16.0 Å². The number of nitrogens with zero attached hydrogens (tertiary/aromatic N) is 1. The second-order valence-corrected chi connectivity index (χ2v) is 15.3. The van der Waals surface area contributed by atoms with Gasteiger partial charge in [0.25, 0.3) is 0 Å². The number of halogens is 1. The fourth-order valence-corrected chi connectivity index (χ4v) is 6.18. The number of piperidine rings is 2. The molecule has 2 aromatic carbocycles. The van der Waals surface area contributed by atoms with Gasteiger partial charge in [-0.25, -0.2) is 14.4 Å². The van der Waals surface area contributed by atoms with Crippen molar-refractivity contribution in [3.8, 4) is 0 Å². The molecule has 6 rings (SSSR count). The molecule has 11 nitrogen and oxygen atoms in total. The number of hydrogen-bond acceptors (Lipinski definition) is 7. The Balaban J connectivity index is 0.000000228. The summed E-state index contributed by atoms with van der Waals surface area (Å²) in [6.07, 6.45) is 7.81. The SMILES string of the molecule is CC(C)(C)OC(=O)NC1CCN(C(=O)C2=Cc3ccccc3C2)CC1.CC(C)(C)OC(=O)NC1CCNCC1.O=C(O)C1=Cc2ccccc2C1.[2H]CI. The average Bonchev–Trinajstić information content (AvgIpc) is 3.73. The van der Waals surface area contributed by atoms with Crippen molar-refractivity contribution in [3.63, 3.8) is 0 Å². The third-order valence-corrected chi connectivity index (χ3v) is 8.64. The number of alkyl carbamates (subject to hydrolysis) is 2. The van der Waals surface area contributed by atoms with E-state index in [1.807, 2.05) is 118 Å². The maximum absolute atomic E-state index is 12.7. The smallest absolute Gasteiger partial charge is 0.407 e. The normalized spacial score (nSPS) is 16.9. The van der Waals surface area contributed by atoms with Gasteiger partial charge < -0.3 is 35.4 Å². The standard InChI is InChI=1S/C20H26N2O3.C10H20N2O2.C10H8O2.CH3I/c1-20(2,3)25-19(24)21-17-8-10-22(11-9-17)18(23)16-12-14-6-4-5-7-15(14)13-16;1-10(2,3)14-9(13)12-8-4-6-11-7-5-8;11-10(12)9-5-7-3-1-2-4-8(7)6-9;1-2/h4-7,12,17H,8-11,13H2,1-3H3,(H,21,24);8,11H,4-7H2,1-3H3,(H,12,13);1-5H,6H2,(H,11,12);1H3/i;;;1D. The van der Waals surface area contributed by atoms with Crippen LogP contribution in [0.15, 0.2) is 59.7 Å². The van der Waals surface area contributed by atoms with E-state index in [0.29, 0.717) is 36.4 Å². The second kappa shape index (κ2) is 20.5. The van der Waals surface area contributed by atoms with Crippen molar-refractivity contribution in [1.82, 2.24) is 20.9 Å². The number of carboxylic acid groups (broad SMARTS) is 1. The predicted octanol–water partition coefficient (Wildman–Crippen LogP) is 7.17. The first-order valence-electron chi connectivity index (χ1n) is 18.8. The molecule has 0 aromatic heterocycles. The van der Waals surface area contributed by atoms with Crippen LogP contribution in [0.5, 0.6) is 0 Å². The highest BCUT2D eigenvalue weighted by atomic mass is 127. The molecule has 12 heteroatoms. The van der Waals surface area contributed by atoms with Gasteiger partial charge >= 0.3 is 18.2 Å². The van der Waals surface area contributed by atoms with Gasteiger partial charge in [0.05, 0.1) is 0 Å². The van der Waals surface area contributed by atoms with Gasteiger partial charge in [0.1, 0.15) is 11.2 Å². The summed E-state index contributed by atoms with van der Waals surface area (Å²) in [5, 5.41) is 17.7. The first-order valence-corrected chi connectivity index (χ1v) is 19.6. The van der Waals surface area contributed by atoms with E-state index < -0.39 is 17.2 Å². The molecular formula is C41H57IN4O7. The van der Waals surface area contributed by atoms with E-state index in [-0.39, 0.29) is 30.2 Å². The van der Waals surface area contributed by atoms with Gasteiger partial charge in [0.2, 0.25) is 5.91 Å². The number of aliphatic carboxylic acids is 1. The van der Waals surface area contributed by atoms with Crippen LogP contribution in [0.25, 0.3) is 12.2 Å². The molecule has 0 saturated carbocycles. The number of carboxylic acids is 1. The fourth-order valence-electron chi connectivity index (χ4n) is 6.18. The highest BCUT2D eigenvalue weighted by Crippen LogP contribution is 2.27. The summed E-state index contributed by atoms with van der Waals surface area (Å²) in [7, 11) is 0. The summed E-state index contributed by atoms with van der Waals surface area (Å²) in [6.45, 7) is 14.4. The molecule has 0 radical (unpaired) electrons. The lowest BCUT2D eigenvalue weighted by Gasteiger charge is -2.33. The molecule has 4 N–H and O–H groups in total. The Kier molecular flexibility index (Phi) is 16.2. The van der Waals surface area contributed by atoms with Crippen LogP contribution in [0.3, 0.4) is 0 Å². The van der Waals surface area contributed by atoms with E-state index in [2.05, 4.69) is 22.0 Å². The highest BCUT2D eigenvalue weighted by Gasteiger charge is 2.29. The Morgan fingerprint density at radius 3 is 1.60 bits per heavy atom. The second-order valence-electron chi connectivity index (χ2n) is 15.3. The molecule has 2 saturated heterocycles. The monoisotopic (exact) mass is 845 g/mol. The van der Waals surface area contributed by atoms with Gasteiger partial charge in [-0.2, -0.15) is 0 Å². The summed E-state index contributed by atoms with van der Waals surface area (Å²) in [4.78, 5) is 48.9. The van der Waals surface area contributed by atoms with Crippen molar-refractivity contribution in [3.05, 3.63) is 81.9 Å². The van der Waals surface area contributed by atoms with Crippen LogP contribution in [-0.2, 0) is 31.9 Å². The molecule has 2 aromatic rings. The summed E-state index contributed by atoms with van der Waals surface area (Å²) in [5.74, 6) is -0.696. The maximum atomic E-state index is 12.7. The molecule has 0 bridgehead atoms. The lowest BCUT2D eigenvalue weighted by molar-refractivity contribution is -0.132. The summed E-state index contributed by atoms with van der Waals surface area (Å²) in [6, 6.07) is 16.2. The molecule has 0 atom stereocenters. The van der Waals surface area contributed by atoms with E-state index in [0.717, 1.165) is 61.0 Å². The molecule has 53 heavy (non-hydrogen) atoms. The average molecular weight is 846 g/mol. The third kappa shape index (κ3) is 15.2. The Labute approximate surface area is 329 Å². The van der Waals surface area contributed by atoms with E-state index in [1.165, 1.54) is 5.56 Å².